The maximum atomic E-state index is 12.0. The highest BCUT2D eigenvalue weighted by Gasteiger charge is 2.29. The Bertz CT molecular complexity index is 535. The third kappa shape index (κ3) is 3.59. The highest BCUT2D eigenvalue weighted by molar-refractivity contribution is 5.97. The van der Waals surface area contributed by atoms with Crippen LogP contribution in [-0.4, -0.2) is 16.7 Å². The van der Waals surface area contributed by atoms with E-state index in [2.05, 4.69) is 31.3 Å². The summed E-state index contributed by atoms with van der Waals surface area (Å²) in [6.45, 7) is 6.66. The molecular formula is C16H22N2O2. The molecule has 1 aromatic rings. The number of phenolic OH excluding ortho intramolecular Hbond substituents is 1. The minimum atomic E-state index is -0.369. The number of nitrogens with one attached hydrogen (secondary N) is 1. The molecule has 1 aromatic carbocycles. The van der Waals surface area contributed by atoms with E-state index < -0.39 is 0 Å². The molecule has 1 aliphatic carbocycles. The number of carbonyl (C=O) groups excluding carboxylic acids is 1. The lowest BCUT2D eigenvalue weighted by atomic mass is 9.72. The van der Waals surface area contributed by atoms with Gasteiger partial charge in [-0.05, 0) is 42.7 Å². The molecule has 1 unspecified atom stereocenters. The molecule has 0 radical (unpaired) electrons. The van der Waals surface area contributed by atoms with Gasteiger partial charge in [0.15, 0.2) is 0 Å². The molecule has 4 heteroatoms. The molecule has 108 valence electrons. The van der Waals surface area contributed by atoms with Crippen LogP contribution in [0.4, 0.5) is 0 Å². The molecule has 1 amide bonds. The second-order valence-corrected chi connectivity index (χ2v) is 6.49. The number of phenols is 1. The van der Waals surface area contributed by atoms with Crippen LogP contribution in [0.25, 0.3) is 0 Å². The summed E-state index contributed by atoms with van der Waals surface area (Å²) in [5.74, 6) is 0.189. The Kier molecular flexibility index (Phi) is 4.12. The van der Waals surface area contributed by atoms with E-state index in [4.69, 9.17) is 0 Å². The molecule has 0 aliphatic heterocycles. The van der Waals surface area contributed by atoms with E-state index in [9.17, 15) is 9.90 Å². The van der Waals surface area contributed by atoms with Gasteiger partial charge in [0, 0.05) is 5.71 Å². The first-order valence-electron chi connectivity index (χ1n) is 7.01. The van der Waals surface area contributed by atoms with Gasteiger partial charge in [-0.15, -0.1) is 0 Å². The van der Waals surface area contributed by atoms with Crippen LogP contribution in [0.3, 0.4) is 0 Å². The molecule has 20 heavy (non-hydrogen) atoms. The van der Waals surface area contributed by atoms with Crippen molar-refractivity contribution in [1.82, 2.24) is 5.43 Å². The number of carbonyl (C=O) groups is 1. The number of rotatable bonds is 2. The minimum Gasteiger partial charge on any atom is -0.507 e. The maximum Gasteiger partial charge on any atom is 0.275 e. The zero-order valence-electron chi connectivity index (χ0n) is 12.3. The Hall–Kier alpha value is -1.84. The molecule has 2 rings (SSSR count). The van der Waals surface area contributed by atoms with Crippen molar-refractivity contribution in [3.8, 4) is 5.75 Å². The van der Waals surface area contributed by atoms with Crippen LogP contribution in [0.15, 0.2) is 29.4 Å². The summed E-state index contributed by atoms with van der Waals surface area (Å²) in [6, 6.07) is 6.48. The number of hydrazone groups is 1. The molecule has 2 N–H and O–H groups in total. The first kappa shape index (κ1) is 14.6. The van der Waals surface area contributed by atoms with E-state index >= 15 is 0 Å². The van der Waals surface area contributed by atoms with Gasteiger partial charge in [-0.2, -0.15) is 5.10 Å². The van der Waals surface area contributed by atoms with Crippen molar-refractivity contribution in [3.63, 3.8) is 0 Å². The van der Waals surface area contributed by atoms with Gasteiger partial charge in [0.25, 0.3) is 5.91 Å². The quantitative estimate of drug-likeness (QED) is 0.813. The lowest BCUT2D eigenvalue weighted by Crippen LogP contribution is -2.30. The largest absolute Gasteiger partial charge is 0.507 e. The lowest BCUT2D eigenvalue weighted by Gasteiger charge is -2.34. The van der Waals surface area contributed by atoms with E-state index in [1.165, 1.54) is 12.5 Å². The zero-order valence-corrected chi connectivity index (χ0v) is 12.3. The fourth-order valence-electron chi connectivity index (χ4n) is 3.06. The summed E-state index contributed by atoms with van der Waals surface area (Å²) in [6.07, 6.45) is 3.00. The predicted octanol–water partition coefficient (Wildman–Crippen LogP) is 3.32. The van der Waals surface area contributed by atoms with Crippen molar-refractivity contribution < 1.29 is 9.90 Å². The van der Waals surface area contributed by atoms with Crippen molar-refractivity contribution in [1.29, 1.82) is 0 Å². The van der Waals surface area contributed by atoms with Gasteiger partial charge in [0.2, 0.25) is 0 Å². The summed E-state index contributed by atoms with van der Waals surface area (Å²) in [7, 11) is 0. The number of para-hydroxylation sites is 1. The van der Waals surface area contributed by atoms with Crippen molar-refractivity contribution >= 4 is 11.6 Å². The Labute approximate surface area is 119 Å². The molecule has 0 spiro atoms. The van der Waals surface area contributed by atoms with Crippen LogP contribution in [0.1, 0.15) is 50.4 Å². The molecule has 0 bridgehead atoms. The fraction of sp³-hybridized carbons (Fsp3) is 0.500. The molecular weight excluding hydrogens is 252 g/mol. The molecule has 1 aliphatic rings. The normalized spacial score (nSPS) is 23.6. The first-order chi connectivity index (χ1) is 9.37. The summed E-state index contributed by atoms with van der Waals surface area (Å²) in [5, 5.41) is 13.9. The van der Waals surface area contributed by atoms with Gasteiger partial charge in [-0.3, -0.25) is 4.79 Å². The second-order valence-electron chi connectivity index (χ2n) is 6.49. The topological polar surface area (TPSA) is 61.7 Å². The minimum absolute atomic E-state index is 0.0254. The molecule has 0 aromatic heterocycles. The number of hydrogen-bond donors (Lipinski definition) is 2. The highest BCUT2D eigenvalue weighted by atomic mass is 16.3. The first-order valence-corrected chi connectivity index (χ1v) is 7.01. The molecule has 0 heterocycles. The zero-order chi connectivity index (χ0) is 14.8. The number of benzene rings is 1. The number of hydrogen-bond acceptors (Lipinski definition) is 3. The molecule has 1 atom stereocenters. The average molecular weight is 274 g/mol. The van der Waals surface area contributed by atoms with Gasteiger partial charge in [-0.25, -0.2) is 5.43 Å². The Morgan fingerprint density at radius 1 is 1.40 bits per heavy atom. The van der Waals surface area contributed by atoms with E-state index in [0.29, 0.717) is 5.92 Å². The molecule has 1 fully saturated rings. The van der Waals surface area contributed by atoms with Crippen LogP contribution >= 0.6 is 0 Å². The third-order valence-corrected chi connectivity index (χ3v) is 3.63. The lowest BCUT2D eigenvalue weighted by molar-refractivity contribution is 0.0951. The third-order valence-electron chi connectivity index (χ3n) is 3.63. The van der Waals surface area contributed by atoms with Crippen molar-refractivity contribution in [3.05, 3.63) is 29.8 Å². The number of amides is 1. The van der Waals surface area contributed by atoms with E-state index in [1.54, 1.807) is 18.2 Å². The summed E-state index contributed by atoms with van der Waals surface area (Å²) in [4.78, 5) is 12.0. The van der Waals surface area contributed by atoms with Crippen LogP contribution in [-0.2, 0) is 0 Å². The van der Waals surface area contributed by atoms with Crippen molar-refractivity contribution in [2.24, 2.45) is 16.4 Å². The standard InChI is InChI=1S/C16H22N2O2/c1-11-8-12(10-16(2,3)9-11)17-18-15(20)13-6-4-5-7-14(13)19/h4-7,11,19H,8-10H2,1-3H3,(H,18,20)/b17-12+. The highest BCUT2D eigenvalue weighted by Crippen LogP contribution is 2.36. The molecule has 0 saturated heterocycles. The number of aromatic hydroxyl groups is 1. The van der Waals surface area contributed by atoms with Gasteiger partial charge >= 0.3 is 0 Å². The smallest absolute Gasteiger partial charge is 0.275 e. The average Bonchev–Trinajstić information content (AvgIpc) is 2.34. The van der Waals surface area contributed by atoms with Crippen LogP contribution in [0, 0.1) is 11.3 Å². The van der Waals surface area contributed by atoms with E-state index in [1.807, 2.05) is 0 Å². The maximum absolute atomic E-state index is 12.0. The molecule has 4 nitrogen and oxygen atoms in total. The number of nitrogens with zero attached hydrogens (tertiary/aromatic N) is 1. The van der Waals surface area contributed by atoms with Crippen molar-refractivity contribution in [2.75, 3.05) is 0 Å². The predicted molar refractivity (Wildman–Crippen MR) is 79.8 cm³/mol. The van der Waals surface area contributed by atoms with Gasteiger partial charge in [-0.1, -0.05) is 32.9 Å². The Balaban J connectivity index is 2.06. The van der Waals surface area contributed by atoms with E-state index in [0.717, 1.165) is 18.6 Å². The van der Waals surface area contributed by atoms with Crippen LogP contribution in [0.5, 0.6) is 5.75 Å². The summed E-state index contributed by atoms with van der Waals surface area (Å²) in [5.41, 5.74) is 4.06. The second kappa shape index (κ2) is 5.65. The van der Waals surface area contributed by atoms with Gasteiger partial charge in [0.05, 0.1) is 5.56 Å². The van der Waals surface area contributed by atoms with Crippen LogP contribution in [0.2, 0.25) is 0 Å². The Morgan fingerprint density at radius 3 is 2.75 bits per heavy atom. The fourth-order valence-corrected chi connectivity index (χ4v) is 3.06. The van der Waals surface area contributed by atoms with Gasteiger partial charge < -0.3 is 5.11 Å². The summed E-state index contributed by atoms with van der Waals surface area (Å²) >= 11 is 0. The summed E-state index contributed by atoms with van der Waals surface area (Å²) < 4.78 is 0. The Morgan fingerprint density at radius 2 is 2.10 bits per heavy atom. The molecule has 1 saturated carbocycles. The van der Waals surface area contributed by atoms with Crippen LogP contribution < -0.4 is 5.43 Å². The SMILES string of the molecule is CC1C/C(=N\NC(=O)c2ccccc2O)CC(C)(C)C1. The monoisotopic (exact) mass is 274 g/mol. The van der Waals surface area contributed by atoms with E-state index in [-0.39, 0.29) is 22.6 Å². The van der Waals surface area contributed by atoms with Crippen molar-refractivity contribution in [2.45, 2.75) is 40.0 Å². The van der Waals surface area contributed by atoms with Gasteiger partial charge in [0.1, 0.15) is 5.75 Å².